The van der Waals surface area contributed by atoms with Crippen LogP contribution in [0.4, 0.5) is 5.13 Å². The smallest absolute Gasteiger partial charge is 0.207 e. The third-order valence-electron chi connectivity index (χ3n) is 5.87. The van der Waals surface area contributed by atoms with Crippen molar-refractivity contribution in [1.29, 1.82) is 0 Å². The van der Waals surface area contributed by atoms with Crippen LogP contribution in [0.25, 0.3) is 11.3 Å². The number of nitrogens with zero attached hydrogens (tertiary/aromatic N) is 3. The van der Waals surface area contributed by atoms with Crippen molar-refractivity contribution in [2.75, 3.05) is 18.2 Å². The van der Waals surface area contributed by atoms with Crippen molar-refractivity contribution in [2.45, 2.75) is 12.5 Å². The fraction of sp³-hybridized carbons (Fsp3) is 0.154. The molecular weight excluding hydrogens is 534 g/mol. The van der Waals surface area contributed by atoms with Crippen molar-refractivity contribution < 1.29 is 9.47 Å². The molecule has 0 spiro atoms. The van der Waals surface area contributed by atoms with E-state index in [4.69, 9.17) is 31.2 Å². The molecule has 5 nitrogen and oxygen atoms in total. The van der Waals surface area contributed by atoms with Gasteiger partial charge >= 0.3 is 0 Å². The maximum Gasteiger partial charge on any atom is 0.207 e. The average Bonchev–Trinajstić information content (AvgIpc) is 3.53. The number of hydrazone groups is 1. The highest BCUT2D eigenvalue weighted by molar-refractivity contribution is 9.10. The summed E-state index contributed by atoms with van der Waals surface area (Å²) in [6.07, 6.45) is 0.745. The van der Waals surface area contributed by atoms with E-state index in [1.54, 1.807) is 11.3 Å². The lowest BCUT2D eigenvalue weighted by Crippen LogP contribution is -2.20. The lowest BCUT2D eigenvalue weighted by atomic mass is 9.98. The Kier molecular flexibility index (Phi) is 5.77. The Morgan fingerprint density at radius 3 is 2.44 bits per heavy atom. The fourth-order valence-corrected chi connectivity index (χ4v) is 5.38. The van der Waals surface area contributed by atoms with Crippen LogP contribution in [0.5, 0.6) is 11.5 Å². The molecule has 34 heavy (non-hydrogen) atoms. The highest BCUT2D eigenvalue weighted by Gasteiger charge is 2.32. The Hall–Kier alpha value is -2.87. The van der Waals surface area contributed by atoms with Crippen LogP contribution in [0.1, 0.15) is 23.6 Å². The van der Waals surface area contributed by atoms with E-state index in [9.17, 15) is 0 Å². The third-order valence-corrected chi connectivity index (χ3v) is 7.48. The maximum absolute atomic E-state index is 6.12. The van der Waals surface area contributed by atoms with Crippen LogP contribution >= 0.6 is 38.9 Å². The fourth-order valence-electron chi connectivity index (χ4n) is 4.15. The second-order valence-corrected chi connectivity index (χ2v) is 10.2. The van der Waals surface area contributed by atoms with Crippen molar-refractivity contribution in [2.24, 2.45) is 5.10 Å². The molecule has 0 amide bonds. The Bertz CT molecular complexity index is 1370. The quantitative estimate of drug-likeness (QED) is 0.265. The molecule has 0 saturated heterocycles. The number of hydrogen-bond acceptors (Lipinski definition) is 6. The normalized spacial score (nSPS) is 17.1. The average molecular weight is 553 g/mol. The van der Waals surface area contributed by atoms with Crippen LogP contribution in [-0.2, 0) is 0 Å². The van der Waals surface area contributed by atoms with E-state index in [-0.39, 0.29) is 6.04 Å². The van der Waals surface area contributed by atoms with Crippen LogP contribution in [-0.4, -0.2) is 23.9 Å². The molecule has 1 atom stereocenters. The largest absolute Gasteiger partial charge is 0.486 e. The number of ether oxygens (including phenoxy) is 2. The predicted molar refractivity (Wildman–Crippen MR) is 141 cm³/mol. The van der Waals surface area contributed by atoms with Gasteiger partial charge in [-0.1, -0.05) is 57.9 Å². The highest BCUT2D eigenvalue weighted by atomic mass is 79.9. The Morgan fingerprint density at radius 2 is 1.65 bits per heavy atom. The van der Waals surface area contributed by atoms with Crippen molar-refractivity contribution in [3.05, 3.63) is 92.7 Å². The first-order valence-corrected chi connectivity index (χ1v) is 12.9. The monoisotopic (exact) mass is 551 g/mol. The zero-order chi connectivity index (χ0) is 23.1. The van der Waals surface area contributed by atoms with Crippen LogP contribution < -0.4 is 14.5 Å². The summed E-state index contributed by atoms with van der Waals surface area (Å²) in [5.41, 5.74) is 5.17. The summed E-state index contributed by atoms with van der Waals surface area (Å²) in [7, 11) is 0. The maximum atomic E-state index is 6.12. The lowest BCUT2D eigenvalue weighted by molar-refractivity contribution is 0.171. The molecule has 6 rings (SSSR count). The van der Waals surface area contributed by atoms with Crippen LogP contribution in [0.3, 0.4) is 0 Å². The van der Waals surface area contributed by atoms with Gasteiger partial charge in [-0.25, -0.2) is 9.99 Å². The summed E-state index contributed by atoms with van der Waals surface area (Å²) in [4.78, 5) is 4.94. The molecule has 1 unspecified atom stereocenters. The van der Waals surface area contributed by atoms with Gasteiger partial charge in [0.25, 0.3) is 0 Å². The van der Waals surface area contributed by atoms with Gasteiger partial charge in [0.15, 0.2) is 11.5 Å². The number of aromatic nitrogens is 1. The number of hydrogen-bond donors (Lipinski definition) is 0. The molecule has 0 saturated carbocycles. The molecule has 0 N–H and O–H groups in total. The number of fused-ring (bicyclic) bond motifs is 1. The number of thiazole rings is 1. The van der Waals surface area contributed by atoms with E-state index in [0.29, 0.717) is 18.2 Å². The second kappa shape index (κ2) is 9.06. The van der Waals surface area contributed by atoms with Crippen LogP contribution in [0, 0.1) is 0 Å². The Labute approximate surface area is 214 Å². The molecule has 8 heteroatoms. The topological polar surface area (TPSA) is 47.0 Å². The van der Waals surface area contributed by atoms with Gasteiger partial charge in [0.1, 0.15) is 13.2 Å². The zero-order valence-corrected chi connectivity index (χ0v) is 21.1. The van der Waals surface area contributed by atoms with Crippen molar-refractivity contribution in [1.82, 2.24) is 4.98 Å². The first-order valence-electron chi connectivity index (χ1n) is 10.9. The van der Waals surface area contributed by atoms with E-state index in [0.717, 1.165) is 55.6 Å². The van der Waals surface area contributed by atoms with Gasteiger partial charge in [-0.15, -0.1) is 11.3 Å². The molecule has 170 valence electrons. The van der Waals surface area contributed by atoms with Gasteiger partial charge in [-0.3, -0.25) is 0 Å². The third kappa shape index (κ3) is 4.19. The van der Waals surface area contributed by atoms with Crippen molar-refractivity contribution in [3.8, 4) is 22.8 Å². The number of benzene rings is 3. The molecule has 0 aliphatic carbocycles. The molecule has 0 fully saturated rings. The molecule has 1 aromatic heterocycles. The minimum atomic E-state index is -0.00887. The molecular formula is C26H19BrClN3O2S. The molecule has 3 heterocycles. The molecule has 4 aromatic rings. The second-order valence-electron chi connectivity index (χ2n) is 8.04. The minimum Gasteiger partial charge on any atom is -0.486 e. The van der Waals surface area contributed by atoms with E-state index in [2.05, 4.69) is 45.6 Å². The van der Waals surface area contributed by atoms with Gasteiger partial charge < -0.3 is 9.47 Å². The Balaban J connectivity index is 1.38. The van der Waals surface area contributed by atoms with E-state index >= 15 is 0 Å². The SMILES string of the molecule is Clc1ccc(C2=NN(c3nc(-c4ccc(Br)cc4)cs3)C(c3ccc4c(c3)OCCO4)C2)cc1. The summed E-state index contributed by atoms with van der Waals surface area (Å²) >= 11 is 11.2. The summed E-state index contributed by atoms with van der Waals surface area (Å²) < 4.78 is 12.6. The summed E-state index contributed by atoms with van der Waals surface area (Å²) in [5, 5.41) is 10.7. The number of rotatable bonds is 4. The summed E-state index contributed by atoms with van der Waals surface area (Å²) in [6.45, 7) is 1.13. The van der Waals surface area contributed by atoms with Gasteiger partial charge in [-0.2, -0.15) is 5.10 Å². The highest BCUT2D eigenvalue weighted by Crippen LogP contribution is 2.42. The van der Waals surface area contributed by atoms with Gasteiger partial charge in [0, 0.05) is 26.9 Å². The van der Waals surface area contributed by atoms with Crippen molar-refractivity contribution >= 4 is 49.7 Å². The molecule has 0 radical (unpaired) electrons. The van der Waals surface area contributed by atoms with Gasteiger partial charge in [0.2, 0.25) is 5.13 Å². The summed E-state index contributed by atoms with van der Waals surface area (Å²) in [5.74, 6) is 1.56. The van der Waals surface area contributed by atoms with Crippen molar-refractivity contribution in [3.63, 3.8) is 0 Å². The molecule has 3 aromatic carbocycles. The number of anilines is 1. The van der Waals surface area contributed by atoms with Crippen LogP contribution in [0.2, 0.25) is 5.02 Å². The molecule has 2 aliphatic heterocycles. The van der Waals surface area contributed by atoms with E-state index in [1.807, 2.05) is 47.5 Å². The lowest BCUT2D eigenvalue weighted by Gasteiger charge is -2.24. The number of halogens is 2. The predicted octanol–water partition coefficient (Wildman–Crippen LogP) is 7.35. The molecule has 2 aliphatic rings. The standard InChI is InChI=1S/C26H19BrClN3O2S/c27-19-6-1-17(2-7-19)22-15-34-26(29-22)31-23(14-21(30-31)16-3-8-20(28)9-4-16)18-5-10-24-25(13-18)33-12-11-32-24/h1-10,13,15,23H,11-12,14H2. The minimum absolute atomic E-state index is 0.00887. The van der Waals surface area contributed by atoms with Gasteiger partial charge in [0.05, 0.1) is 17.4 Å². The molecule has 0 bridgehead atoms. The summed E-state index contributed by atoms with van der Waals surface area (Å²) in [6, 6.07) is 22.1. The first kappa shape index (κ1) is 21.6. The first-order chi connectivity index (χ1) is 16.6. The van der Waals surface area contributed by atoms with E-state index in [1.165, 1.54) is 0 Å². The van der Waals surface area contributed by atoms with Crippen LogP contribution in [0.15, 0.2) is 81.7 Å². The van der Waals surface area contributed by atoms with E-state index < -0.39 is 0 Å². The zero-order valence-electron chi connectivity index (χ0n) is 17.9. The van der Waals surface area contributed by atoms with Gasteiger partial charge in [-0.05, 0) is 47.5 Å². The Morgan fingerprint density at radius 1 is 0.912 bits per heavy atom.